The van der Waals surface area contributed by atoms with Gasteiger partial charge in [-0.15, -0.1) is 0 Å². The standard InChI is InChI=1S/C44H50N14O6/c1-5-56-34(17-27(3)52-56)41(60)50-43-48-32-19-29(23-45)21-36(63-14-8-10-47-38(59)25-54-12-15-62-16-13-54)39(32)55(43)11-7-9-31-26-64-37-22-30(24-46)20-33-40(37)58(31)44(49-33)51-42(61)35-18-28(4)53-57(35)6-2/h17-22,31H,5-16,25-26H2,1-4H3,(H,47,59)(H,48,50,60)(H,49,51,61)/t31-/m0/s1. The van der Waals surface area contributed by atoms with Crippen LogP contribution < -0.4 is 25.4 Å². The van der Waals surface area contributed by atoms with Crippen molar-refractivity contribution in [2.45, 2.75) is 72.6 Å². The first-order valence-corrected chi connectivity index (χ1v) is 21.5. The van der Waals surface area contributed by atoms with Gasteiger partial charge in [0, 0.05) is 51.4 Å². The first kappa shape index (κ1) is 43.4. The lowest BCUT2D eigenvalue weighted by atomic mass is 10.1. The second kappa shape index (κ2) is 19.0. The number of carbonyl (C=O) groups excluding carboxylic acids is 3. The van der Waals surface area contributed by atoms with E-state index in [2.05, 4.69) is 43.2 Å². The van der Waals surface area contributed by atoms with Crippen LogP contribution in [0.1, 0.15) is 82.6 Å². The van der Waals surface area contributed by atoms with E-state index in [1.165, 1.54) is 0 Å². The molecule has 6 aromatic rings. The number of fused-ring (bicyclic) bond motifs is 1. The molecule has 1 fully saturated rings. The molecular weight excluding hydrogens is 821 g/mol. The molecule has 2 aliphatic rings. The Morgan fingerprint density at radius 2 is 1.45 bits per heavy atom. The monoisotopic (exact) mass is 870 g/mol. The highest BCUT2D eigenvalue weighted by Crippen LogP contribution is 2.39. The lowest BCUT2D eigenvalue weighted by Crippen LogP contribution is -2.43. The molecule has 0 radical (unpaired) electrons. The van der Waals surface area contributed by atoms with Crippen molar-refractivity contribution in [2.75, 3.05) is 63.2 Å². The number of imidazole rings is 2. The number of nitriles is 2. The highest BCUT2D eigenvalue weighted by Gasteiger charge is 2.30. The van der Waals surface area contributed by atoms with Crippen molar-refractivity contribution in [1.29, 1.82) is 10.5 Å². The summed E-state index contributed by atoms with van der Waals surface area (Å²) in [7, 11) is 0. The van der Waals surface area contributed by atoms with Crippen LogP contribution in [0.3, 0.4) is 0 Å². The van der Waals surface area contributed by atoms with Crippen LogP contribution >= 0.6 is 0 Å². The molecule has 64 heavy (non-hydrogen) atoms. The molecule has 8 rings (SSSR count). The Balaban J connectivity index is 1.07. The van der Waals surface area contributed by atoms with Crippen LogP contribution in [0.5, 0.6) is 11.5 Å². The van der Waals surface area contributed by atoms with Crippen LogP contribution in [-0.2, 0) is 29.2 Å². The Morgan fingerprint density at radius 3 is 2.11 bits per heavy atom. The molecule has 6 heterocycles. The number of nitrogens with zero attached hydrogens (tertiary/aromatic N) is 11. The van der Waals surface area contributed by atoms with Crippen molar-refractivity contribution in [3.8, 4) is 23.6 Å². The third kappa shape index (κ3) is 9.10. The fraction of sp³-hybridized carbons (Fsp3) is 0.432. The number of hydrogen-bond acceptors (Lipinski definition) is 13. The number of hydrogen-bond donors (Lipinski definition) is 3. The van der Waals surface area contributed by atoms with Gasteiger partial charge in [-0.25, -0.2) is 9.97 Å². The van der Waals surface area contributed by atoms with Crippen molar-refractivity contribution in [1.82, 2.24) is 48.9 Å². The first-order chi connectivity index (χ1) is 31.1. The van der Waals surface area contributed by atoms with Gasteiger partial charge in [0.2, 0.25) is 17.8 Å². The fourth-order valence-corrected chi connectivity index (χ4v) is 8.26. The molecule has 0 saturated carbocycles. The van der Waals surface area contributed by atoms with Crippen molar-refractivity contribution < 1.29 is 28.6 Å². The minimum atomic E-state index is -0.398. The van der Waals surface area contributed by atoms with E-state index in [1.54, 1.807) is 45.8 Å². The maximum absolute atomic E-state index is 13.9. The van der Waals surface area contributed by atoms with Gasteiger partial charge in [0.05, 0.1) is 78.1 Å². The number of amides is 3. The molecule has 0 spiro atoms. The molecule has 2 aromatic carbocycles. The topological polar surface area (TPSA) is 237 Å². The molecule has 3 amide bonds. The fourth-order valence-electron chi connectivity index (χ4n) is 8.26. The molecule has 2 aliphatic heterocycles. The first-order valence-electron chi connectivity index (χ1n) is 21.5. The van der Waals surface area contributed by atoms with Gasteiger partial charge in [0.1, 0.15) is 40.5 Å². The second-order valence-electron chi connectivity index (χ2n) is 15.7. The van der Waals surface area contributed by atoms with Gasteiger partial charge in [0.15, 0.2) is 0 Å². The molecule has 4 aromatic heterocycles. The van der Waals surface area contributed by atoms with Gasteiger partial charge in [0.25, 0.3) is 11.8 Å². The maximum atomic E-state index is 13.9. The van der Waals surface area contributed by atoms with Crippen LogP contribution in [0.4, 0.5) is 11.9 Å². The van der Waals surface area contributed by atoms with E-state index in [4.69, 9.17) is 24.2 Å². The van der Waals surface area contributed by atoms with Gasteiger partial charge < -0.3 is 28.7 Å². The summed E-state index contributed by atoms with van der Waals surface area (Å²) in [4.78, 5) is 51.9. The van der Waals surface area contributed by atoms with Gasteiger partial charge >= 0.3 is 0 Å². The number of ether oxygens (including phenoxy) is 3. The lowest BCUT2D eigenvalue weighted by molar-refractivity contribution is -0.123. The predicted octanol–water partition coefficient (Wildman–Crippen LogP) is 4.31. The molecule has 0 bridgehead atoms. The molecule has 1 atom stereocenters. The summed E-state index contributed by atoms with van der Waals surface area (Å²) in [6, 6.07) is 14.2. The summed E-state index contributed by atoms with van der Waals surface area (Å²) in [5, 5.41) is 37.6. The molecule has 1 saturated heterocycles. The number of rotatable bonds is 17. The van der Waals surface area contributed by atoms with Crippen LogP contribution in [-0.4, -0.2) is 114 Å². The Hall–Kier alpha value is -7.29. The third-order valence-corrected chi connectivity index (χ3v) is 11.2. The highest BCUT2D eigenvalue weighted by atomic mass is 16.5. The van der Waals surface area contributed by atoms with E-state index in [1.807, 2.05) is 36.8 Å². The van der Waals surface area contributed by atoms with E-state index in [0.29, 0.717) is 152 Å². The average molecular weight is 871 g/mol. The number of benzene rings is 2. The summed E-state index contributed by atoms with van der Waals surface area (Å²) in [6.07, 6.45) is 1.57. The summed E-state index contributed by atoms with van der Waals surface area (Å²) in [5.41, 5.74) is 5.09. The number of aryl methyl sites for hydroxylation is 5. The van der Waals surface area contributed by atoms with Crippen LogP contribution in [0.2, 0.25) is 0 Å². The molecule has 20 nitrogen and oxygen atoms in total. The predicted molar refractivity (Wildman–Crippen MR) is 234 cm³/mol. The summed E-state index contributed by atoms with van der Waals surface area (Å²) >= 11 is 0. The van der Waals surface area contributed by atoms with Crippen molar-refractivity contribution in [2.24, 2.45) is 0 Å². The third-order valence-electron chi connectivity index (χ3n) is 11.2. The molecular formula is C44H50N14O6. The Labute approximate surface area is 368 Å². The molecule has 332 valence electrons. The minimum absolute atomic E-state index is 0.0717. The van der Waals surface area contributed by atoms with Gasteiger partial charge in [-0.2, -0.15) is 20.7 Å². The largest absolute Gasteiger partial charge is 0.491 e. The van der Waals surface area contributed by atoms with E-state index >= 15 is 0 Å². The van der Waals surface area contributed by atoms with Crippen LogP contribution in [0.15, 0.2) is 36.4 Å². The Kier molecular flexibility index (Phi) is 12.9. The zero-order valence-electron chi connectivity index (χ0n) is 36.3. The zero-order valence-corrected chi connectivity index (χ0v) is 36.3. The second-order valence-corrected chi connectivity index (χ2v) is 15.7. The quantitative estimate of drug-likeness (QED) is 0.109. The molecule has 3 N–H and O–H groups in total. The zero-order chi connectivity index (χ0) is 44.9. The van der Waals surface area contributed by atoms with E-state index in [9.17, 15) is 24.9 Å². The Morgan fingerprint density at radius 1 is 0.828 bits per heavy atom. The maximum Gasteiger partial charge on any atom is 0.276 e. The smallest absolute Gasteiger partial charge is 0.276 e. The van der Waals surface area contributed by atoms with Crippen LogP contribution in [0.25, 0.3) is 22.1 Å². The normalized spacial score (nSPS) is 14.8. The van der Waals surface area contributed by atoms with Crippen molar-refractivity contribution >= 4 is 51.7 Å². The number of carbonyl (C=O) groups is 3. The van der Waals surface area contributed by atoms with Crippen LogP contribution in [0, 0.1) is 36.5 Å². The van der Waals surface area contributed by atoms with Gasteiger partial charge in [-0.05, 0) is 71.2 Å². The van der Waals surface area contributed by atoms with E-state index < -0.39 is 5.91 Å². The average Bonchev–Trinajstić information content (AvgIpc) is 4.07. The number of aromatic nitrogens is 8. The molecule has 0 aliphatic carbocycles. The van der Waals surface area contributed by atoms with Gasteiger partial charge in [-0.3, -0.25) is 39.3 Å². The molecule has 20 heteroatoms. The van der Waals surface area contributed by atoms with Gasteiger partial charge in [-0.1, -0.05) is 0 Å². The molecule has 0 unspecified atom stereocenters. The number of anilines is 2. The van der Waals surface area contributed by atoms with E-state index in [0.717, 1.165) is 0 Å². The van der Waals surface area contributed by atoms with Crippen molar-refractivity contribution in [3.63, 3.8) is 0 Å². The summed E-state index contributed by atoms with van der Waals surface area (Å²) in [6.45, 7) is 12.6. The highest BCUT2D eigenvalue weighted by molar-refractivity contribution is 6.04. The number of nitrogens with one attached hydrogen (secondary N) is 3. The SMILES string of the molecule is CCn1nc(C)cc1C(=O)Nc1nc2cc(C#N)cc(OCCCNC(=O)CN3CCOCC3)c2n1CCC[C@H]1COc2cc(C#N)cc3nc(NC(=O)c4cc(C)nn4CC)n1c23. The minimum Gasteiger partial charge on any atom is -0.491 e. The van der Waals surface area contributed by atoms with E-state index in [-0.39, 0.29) is 37.0 Å². The number of morpholine rings is 1. The Bertz CT molecular complexity index is 2820. The summed E-state index contributed by atoms with van der Waals surface area (Å²) in [5.74, 6) is 0.626. The lowest BCUT2D eigenvalue weighted by Gasteiger charge is -2.27. The van der Waals surface area contributed by atoms with Crippen molar-refractivity contribution in [3.05, 3.63) is 70.3 Å². The summed E-state index contributed by atoms with van der Waals surface area (Å²) < 4.78 is 25.1.